The Morgan fingerprint density at radius 2 is 2.06 bits per heavy atom. The van der Waals surface area contributed by atoms with Crippen molar-refractivity contribution in [2.45, 2.75) is 39.8 Å². The van der Waals surface area contributed by atoms with Gasteiger partial charge in [0.1, 0.15) is 5.01 Å². The molecule has 0 radical (unpaired) electrons. The van der Waals surface area contributed by atoms with Gasteiger partial charge in [-0.15, -0.1) is 11.3 Å². The summed E-state index contributed by atoms with van der Waals surface area (Å²) in [6.07, 6.45) is 6.47. The van der Waals surface area contributed by atoms with Crippen molar-refractivity contribution in [1.82, 2.24) is 20.3 Å². The molecule has 18 heavy (non-hydrogen) atoms. The van der Waals surface area contributed by atoms with Crippen LogP contribution in [0.1, 0.15) is 41.2 Å². The van der Waals surface area contributed by atoms with E-state index in [-0.39, 0.29) is 6.04 Å². The van der Waals surface area contributed by atoms with E-state index in [1.165, 1.54) is 4.88 Å². The molecular weight excluding hydrogens is 244 g/mol. The van der Waals surface area contributed by atoms with Crippen molar-refractivity contribution in [2.75, 3.05) is 0 Å². The lowest BCUT2D eigenvalue weighted by molar-refractivity contribution is 0.554. The van der Waals surface area contributed by atoms with Crippen LogP contribution < -0.4 is 5.32 Å². The van der Waals surface area contributed by atoms with Gasteiger partial charge in [0.15, 0.2) is 0 Å². The van der Waals surface area contributed by atoms with Crippen LogP contribution in [-0.4, -0.2) is 15.0 Å². The first-order chi connectivity index (χ1) is 8.70. The number of aryl methyl sites for hydroxylation is 2. The van der Waals surface area contributed by atoms with Crippen molar-refractivity contribution < 1.29 is 0 Å². The summed E-state index contributed by atoms with van der Waals surface area (Å²) in [5.41, 5.74) is 1.98. The minimum atomic E-state index is 0.188. The van der Waals surface area contributed by atoms with E-state index >= 15 is 0 Å². The van der Waals surface area contributed by atoms with Crippen molar-refractivity contribution in [3.05, 3.63) is 39.9 Å². The van der Waals surface area contributed by atoms with E-state index in [1.807, 2.05) is 13.1 Å². The predicted molar refractivity (Wildman–Crippen MR) is 73.5 cm³/mol. The molecule has 2 aromatic heterocycles. The van der Waals surface area contributed by atoms with Crippen molar-refractivity contribution in [1.29, 1.82) is 0 Å². The molecule has 1 N–H and O–H groups in total. The van der Waals surface area contributed by atoms with Gasteiger partial charge in [0.25, 0.3) is 0 Å². The predicted octanol–water partition coefficient (Wildman–Crippen LogP) is 2.65. The zero-order chi connectivity index (χ0) is 13.0. The van der Waals surface area contributed by atoms with Gasteiger partial charge in [-0.25, -0.2) is 4.98 Å². The van der Waals surface area contributed by atoms with Crippen LogP contribution in [0.15, 0.2) is 18.6 Å². The Hall–Kier alpha value is -1.33. The monoisotopic (exact) mass is 262 g/mol. The number of nitrogens with one attached hydrogen (secondary N) is 1. The van der Waals surface area contributed by atoms with Crippen molar-refractivity contribution in [2.24, 2.45) is 0 Å². The van der Waals surface area contributed by atoms with Crippen LogP contribution >= 0.6 is 11.3 Å². The molecule has 2 rings (SSSR count). The third-order valence-corrected chi connectivity index (χ3v) is 3.98. The van der Waals surface area contributed by atoms with E-state index in [2.05, 4.69) is 34.1 Å². The number of aromatic nitrogens is 3. The molecule has 0 fully saturated rings. The lowest BCUT2D eigenvalue weighted by atomic mass is 10.2. The van der Waals surface area contributed by atoms with E-state index in [4.69, 9.17) is 0 Å². The largest absolute Gasteiger partial charge is 0.302 e. The molecule has 1 atom stereocenters. The average Bonchev–Trinajstić information content (AvgIpc) is 2.84. The van der Waals surface area contributed by atoms with Gasteiger partial charge in [-0.1, -0.05) is 6.92 Å². The summed E-state index contributed by atoms with van der Waals surface area (Å²) in [7, 11) is 0. The molecule has 0 aliphatic rings. The standard InChI is InChI=1S/C13H18N4S/c1-4-11-7-17-12(18-11)8-16-10(3)13-9(2)14-5-6-15-13/h5-7,10,16H,4,8H2,1-3H3. The maximum Gasteiger partial charge on any atom is 0.107 e. The average molecular weight is 262 g/mol. The Morgan fingerprint density at radius 1 is 1.28 bits per heavy atom. The molecule has 0 aliphatic heterocycles. The first-order valence-electron chi connectivity index (χ1n) is 6.15. The number of thiazole rings is 1. The molecule has 5 heteroatoms. The lowest BCUT2D eigenvalue weighted by Crippen LogP contribution is -2.20. The zero-order valence-electron chi connectivity index (χ0n) is 11.0. The van der Waals surface area contributed by atoms with Crippen LogP contribution in [0, 0.1) is 6.92 Å². The highest BCUT2D eigenvalue weighted by atomic mass is 32.1. The number of hydrogen-bond acceptors (Lipinski definition) is 5. The first-order valence-corrected chi connectivity index (χ1v) is 6.96. The van der Waals surface area contributed by atoms with Crippen LogP contribution in [0.3, 0.4) is 0 Å². The molecular formula is C13H18N4S. The van der Waals surface area contributed by atoms with E-state index in [0.717, 1.165) is 29.4 Å². The number of nitrogens with zero attached hydrogens (tertiary/aromatic N) is 3. The summed E-state index contributed by atoms with van der Waals surface area (Å²) in [6, 6.07) is 0.188. The van der Waals surface area contributed by atoms with Crippen LogP contribution in [-0.2, 0) is 13.0 Å². The van der Waals surface area contributed by atoms with Gasteiger partial charge >= 0.3 is 0 Å². The molecule has 0 bridgehead atoms. The molecule has 2 heterocycles. The summed E-state index contributed by atoms with van der Waals surface area (Å²) in [4.78, 5) is 14.4. The fraction of sp³-hybridized carbons (Fsp3) is 0.462. The Bertz CT molecular complexity index is 509. The fourth-order valence-electron chi connectivity index (χ4n) is 1.77. The van der Waals surface area contributed by atoms with Crippen molar-refractivity contribution >= 4 is 11.3 Å². The fourth-order valence-corrected chi connectivity index (χ4v) is 2.59. The highest BCUT2D eigenvalue weighted by Gasteiger charge is 2.10. The van der Waals surface area contributed by atoms with Crippen molar-refractivity contribution in [3.63, 3.8) is 0 Å². The summed E-state index contributed by atoms with van der Waals surface area (Å²) in [6.45, 7) is 7.02. The van der Waals surface area contributed by atoms with Gasteiger partial charge < -0.3 is 5.32 Å². The third kappa shape index (κ3) is 3.11. The second-order valence-electron chi connectivity index (χ2n) is 4.20. The molecule has 0 saturated heterocycles. The quantitative estimate of drug-likeness (QED) is 0.900. The SMILES string of the molecule is CCc1cnc(CNC(C)c2nccnc2C)s1. The Labute approximate surface area is 112 Å². The number of rotatable bonds is 5. The minimum absolute atomic E-state index is 0.188. The van der Waals surface area contributed by atoms with E-state index in [9.17, 15) is 0 Å². The van der Waals surface area contributed by atoms with Crippen LogP contribution in [0.5, 0.6) is 0 Å². The van der Waals surface area contributed by atoms with E-state index in [1.54, 1.807) is 23.7 Å². The summed E-state index contributed by atoms with van der Waals surface area (Å²) in [5, 5.41) is 4.56. The van der Waals surface area contributed by atoms with Gasteiger partial charge in [0.05, 0.1) is 11.4 Å². The maximum atomic E-state index is 4.40. The Morgan fingerprint density at radius 3 is 2.72 bits per heavy atom. The van der Waals surface area contributed by atoms with Crippen molar-refractivity contribution in [3.8, 4) is 0 Å². The van der Waals surface area contributed by atoms with Gasteiger partial charge in [-0.05, 0) is 20.3 Å². The van der Waals surface area contributed by atoms with Gasteiger partial charge in [0, 0.05) is 36.1 Å². The molecule has 1 unspecified atom stereocenters. The zero-order valence-corrected chi connectivity index (χ0v) is 11.8. The molecule has 0 aromatic carbocycles. The Kier molecular flexibility index (Phi) is 4.38. The molecule has 0 spiro atoms. The second kappa shape index (κ2) is 6.02. The summed E-state index contributed by atoms with van der Waals surface area (Å²) < 4.78 is 0. The van der Waals surface area contributed by atoms with Crippen LogP contribution in [0.4, 0.5) is 0 Å². The van der Waals surface area contributed by atoms with Crippen LogP contribution in [0.2, 0.25) is 0 Å². The molecule has 0 amide bonds. The maximum absolute atomic E-state index is 4.40. The lowest BCUT2D eigenvalue weighted by Gasteiger charge is -2.13. The molecule has 0 aliphatic carbocycles. The van der Waals surface area contributed by atoms with Crippen LogP contribution in [0.25, 0.3) is 0 Å². The minimum Gasteiger partial charge on any atom is -0.302 e. The normalized spacial score (nSPS) is 12.6. The second-order valence-corrected chi connectivity index (χ2v) is 5.40. The van der Waals surface area contributed by atoms with E-state index in [0.29, 0.717) is 0 Å². The Balaban J connectivity index is 1.96. The summed E-state index contributed by atoms with van der Waals surface area (Å²) in [5.74, 6) is 0. The van der Waals surface area contributed by atoms with Gasteiger partial charge in [0.2, 0.25) is 0 Å². The molecule has 2 aromatic rings. The molecule has 0 saturated carbocycles. The highest BCUT2D eigenvalue weighted by Crippen LogP contribution is 2.16. The first kappa shape index (κ1) is 13.1. The highest BCUT2D eigenvalue weighted by molar-refractivity contribution is 7.11. The molecule has 4 nitrogen and oxygen atoms in total. The molecule has 96 valence electrons. The third-order valence-electron chi connectivity index (χ3n) is 2.84. The number of hydrogen-bond donors (Lipinski definition) is 1. The topological polar surface area (TPSA) is 50.7 Å². The summed E-state index contributed by atoms with van der Waals surface area (Å²) >= 11 is 1.76. The van der Waals surface area contributed by atoms with Gasteiger partial charge in [-0.2, -0.15) is 0 Å². The van der Waals surface area contributed by atoms with Gasteiger partial charge in [-0.3, -0.25) is 9.97 Å². The smallest absolute Gasteiger partial charge is 0.107 e. The van der Waals surface area contributed by atoms with E-state index < -0.39 is 0 Å².